The molecule has 0 aliphatic heterocycles. The molecule has 1 aromatic carbocycles. The van der Waals surface area contributed by atoms with Crippen molar-refractivity contribution < 1.29 is 14.6 Å². The minimum Gasteiger partial charge on any atom is -0.496 e. The van der Waals surface area contributed by atoms with Gasteiger partial charge in [0.2, 0.25) is 0 Å². The van der Waals surface area contributed by atoms with Crippen molar-refractivity contribution in [3.05, 3.63) is 48.2 Å². The lowest BCUT2D eigenvalue weighted by atomic mass is 10.0. The lowest BCUT2D eigenvalue weighted by Crippen LogP contribution is -2.35. The topological polar surface area (TPSA) is 71.5 Å². The molecule has 2 rings (SSSR count). The van der Waals surface area contributed by atoms with Crippen molar-refractivity contribution >= 4 is 5.91 Å². The number of hydrogen-bond acceptors (Lipinski definition) is 4. The van der Waals surface area contributed by atoms with Crippen LogP contribution in [0.25, 0.3) is 11.3 Å². The van der Waals surface area contributed by atoms with Crippen LogP contribution in [0.3, 0.4) is 0 Å². The Labute approximate surface area is 142 Å². The summed E-state index contributed by atoms with van der Waals surface area (Å²) < 4.78 is 5.37. The number of aromatic nitrogens is 1. The third-order valence-corrected chi connectivity index (χ3v) is 4.18. The zero-order chi connectivity index (χ0) is 17.5. The third-order valence-electron chi connectivity index (χ3n) is 4.18. The number of aliphatic hydroxyl groups excluding tert-OH is 1. The molecule has 2 atom stereocenters. The number of nitrogens with zero attached hydrogens (tertiary/aromatic N) is 1. The second-order valence-electron chi connectivity index (χ2n) is 5.79. The van der Waals surface area contributed by atoms with Crippen LogP contribution >= 0.6 is 0 Å². The third kappa shape index (κ3) is 4.32. The SMILES string of the molecule is CCC(C)C(O)CNC(=O)c1ccc(OC)c(-c2ccccn2)c1. The smallest absolute Gasteiger partial charge is 0.251 e. The number of amides is 1. The normalized spacial score (nSPS) is 13.2. The monoisotopic (exact) mass is 328 g/mol. The molecule has 2 unspecified atom stereocenters. The van der Waals surface area contributed by atoms with E-state index >= 15 is 0 Å². The van der Waals surface area contributed by atoms with Gasteiger partial charge >= 0.3 is 0 Å². The summed E-state index contributed by atoms with van der Waals surface area (Å²) in [4.78, 5) is 16.7. The van der Waals surface area contributed by atoms with E-state index in [-0.39, 0.29) is 18.4 Å². The average molecular weight is 328 g/mol. The van der Waals surface area contributed by atoms with Gasteiger partial charge in [0.25, 0.3) is 5.91 Å². The number of methoxy groups -OCH3 is 1. The van der Waals surface area contributed by atoms with Gasteiger partial charge in [-0.05, 0) is 36.2 Å². The maximum absolute atomic E-state index is 12.4. The van der Waals surface area contributed by atoms with Gasteiger partial charge in [-0.2, -0.15) is 0 Å². The Kier molecular flexibility index (Phi) is 6.32. The zero-order valence-corrected chi connectivity index (χ0v) is 14.3. The first kappa shape index (κ1) is 17.9. The van der Waals surface area contributed by atoms with Gasteiger partial charge in [0.1, 0.15) is 5.75 Å². The van der Waals surface area contributed by atoms with Crippen LogP contribution in [0.5, 0.6) is 5.75 Å². The fourth-order valence-corrected chi connectivity index (χ4v) is 2.34. The number of carbonyl (C=O) groups excluding carboxylic acids is 1. The number of carbonyl (C=O) groups is 1. The molecule has 0 fully saturated rings. The molecular formula is C19H24N2O3. The van der Waals surface area contributed by atoms with Crippen LogP contribution in [0.4, 0.5) is 0 Å². The summed E-state index contributed by atoms with van der Waals surface area (Å²) in [6.45, 7) is 4.21. The first-order valence-electron chi connectivity index (χ1n) is 8.12. The quantitative estimate of drug-likeness (QED) is 0.820. The number of benzene rings is 1. The maximum atomic E-state index is 12.4. The minimum atomic E-state index is -0.549. The molecule has 2 N–H and O–H groups in total. The van der Waals surface area contributed by atoms with Crippen LogP contribution < -0.4 is 10.1 Å². The van der Waals surface area contributed by atoms with Crippen molar-refractivity contribution in [2.24, 2.45) is 5.92 Å². The Balaban J connectivity index is 2.18. The molecule has 24 heavy (non-hydrogen) atoms. The van der Waals surface area contributed by atoms with E-state index in [1.165, 1.54) is 0 Å². The largest absolute Gasteiger partial charge is 0.496 e. The molecule has 1 aromatic heterocycles. The van der Waals surface area contributed by atoms with Crippen LogP contribution in [-0.2, 0) is 0 Å². The van der Waals surface area contributed by atoms with Gasteiger partial charge in [0, 0.05) is 23.9 Å². The Morgan fingerprint density at radius 3 is 2.75 bits per heavy atom. The Bertz CT molecular complexity index is 674. The lowest BCUT2D eigenvalue weighted by Gasteiger charge is -2.18. The average Bonchev–Trinajstić information content (AvgIpc) is 2.65. The molecule has 5 nitrogen and oxygen atoms in total. The van der Waals surface area contributed by atoms with Gasteiger partial charge in [-0.15, -0.1) is 0 Å². The number of nitrogens with one attached hydrogen (secondary N) is 1. The minimum absolute atomic E-state index is 0.144. The molecule has 128 valence electrons. The van der Waals surface area contributed by atoms with Gasteiger partial charge in [-0.1, -0.05) is 26.3 Å². The van der Waals surface area contributed by atoms with Gasteiger partial charge in [0.05, 0.1) is 18.9 Å². The van der Waals surface area contributed by atoms with Crippen LogP contribution in [0.15, 0.2) is 42.6 Å². The standard InChI is InChI=1S/C19H24N2O3/c1-4-13(2)17(22)12-21-19(23)14-8-9-18(24-3)15(11-14)16-7-5-6-10-20-16/h5-11,13,17,22H,4,12H2,1-3H3,(H,21,23). The second-order valence-corrected chi connectivity index (χ2v) is 5.79. The highest BCUT2D eigenvalue weighted by Crippen LogP contribution is 2.29. The van der Waals surface area contributed by atoms with Crippen LogP contribution in [0.2, 0.25) is 0 Å². The molecule has 0 bridgehead atoms. The van der Waals surface area contributed by atoms with Crippen molar-refractivity contribution in [2.45, 2.75) is 26.4 Å². The van der Waals surface area contributed by atoms with Crippen LogP contribution in [0.1, 0.15) is 30.6 Å². The Morgan fingerprint density at radius 1 is 1.33 bits per heavy atom. The number of aliphatic hydroxyl groups is 1. The van der Waals surface area contributed by atoms with E-state index in [0.29, 0.717) is 11.3 Å². The Morgan fingerprint density at radius 2 is 2.12 bits per heavy atom. The summed E-state index contributed by atoms with van der Waals surface area (Å²) in [5.41, 5.74) is 2.00. The predicted molar refractivity (Wildman–Crippen MR) is 94.0 cm³/mol. The highest BCUT2D eigenvalue weighted by molar-refractivity contribution is 5.96. The van der Waals surface area contributed by atoms with E-state index in [9.17, 15) is 9.90 Å². The summed E-state index contributed by atoms with van der Waals surface area (Å²) in [6.07, 6.45) is 2.01. The van der Waals surface area contributed by atoms with Crippen molar-refractivity contribution in [2.75, 3.05) is 13.7 Å². The molecule has 1 amide bonds. The van der Waals surface area contributed by atoms with Gasteiger partial charge in [-0.25, -0.2) is 0 Å². The summed E-state index contributed by atoms with van der Waals surface area (Å²) in [5.74, 6) is 0.576. The van der Waals surface area contributed by atoms with E-state index < -0.39 is 6.10 Å². The fraction of sp³-hybridized carbons (Fsp3) is 0.368. The highest BCUT2D eigenvalue weighted by Gasteiger charge is 2.16. The van der Waals surface area contributed by atoms with Crippen molar-refractivity contribution in [3.8, 4) is 17.0 Å². The first-order valence-corrected chi connectivity index (χ1v) is 8.12. The summed E-state index contributed by atoms with van der Waals surface area (Å²) in [7, 11) is 1.59. The van der Waals surface area contributed by atoms with Gasteiger partial charge in [-0.3, -0.25) is 9.78 Å². The number of hydrogen-bond donors (Lipinski definition) is 2. The number of ether oxygens (including phenoxy) is 1. The van der Waals surface area contributed by atoms with E-state index in [1.807, 2.05) is 32.0 Å². The fourth-order valence-electron chi connectivity index (χ4n) is 2.34. The van der Waals surface area contributed by atoms with E-state index in [1.54, 1.807) is 31.5 Å². The molecule has 0 aliphatic carbocycles. The van der Waals surface area contributed by atoms with Crippen molar-refractivity contribution in [3.63, 3.8) is 0 Å². The maximum Gasteiger partial charge on any atom is 0.251 e. The molecule has 0 aliphatic rings. The van der Waals surface area contributed by atoms with E-state index in [0.717, 1.165) is 17.7 Å². The molecule has 0 saturated heterocycles. The molecule has 0 radical (unpaired) electrons. The molecule has 1 heterocycles. The molecule has 0 saturated carbocycles. The molecular weight excluding hydrogens is 304 g/mol. The number of rotatable bonds is 7. The van der Waals surface area contributed by atoms with Crippen LogP contribution in [-0.4, -0.2) is 35.8 Å². The van der Waals surface area contributed by atoms with Crippen molar-refractivity contribution in [1.29, 1.82) is 0 Å². The van der Waals surface area contributed by atoms with Crippen LogP contribution in [0, 0.1) is 5.92 Å². The summed E-state index contributed by atoms with van der Waals surface area (Å²) in [5, 5.41) is 12.8. The predicted octanol–water partition coefficient (Wildman–Crippen LogP) is 2.89. The van der Waals surface area contributed by atoms with Gasteiger partial charge in [0.15, 0.2) is 0 Å². The van der Waals surface area contributed by atoms with E-state index in [2.05, 4.69) is 10.3 Å². The zero-order valence-electron chi connectivity index (χ0n) is 14.3. The van der Waals surface area contributed by atoms with E-state index in [4.69, 9.17) is 4.74 Å². The highest BCUT2D eigenvalue weighted by atomic mass is 16.5. The molecule has 0 spiro atoms. The van der Waals surface area contributed by atoms with Gasteiger partial charge < -0.3 is 15.2 Å². The molecule has 2 aromatic rings. The first-order chi connectivity index (χ1) is 11.6. The summed E-state index contributed by atoms with van der Waals surface area (Å²) >= 11 is 0. The lowest BCUT2D eigenvalue weighted by molar-refractivity contribution is 0.0850. The second kappa shape index (κ2) is 8.45. The molecule has 5 heteroatoms. The Hall–Kier alpha value is -2.40. The summed E-state index contributed by atoms with van der Waals surface area (Å²) in [6, 6.07) is 10.8. The number of pyridine rings is 1. The van der Waals surface area contributed by atoms with Crippen molar-refractivity contribution in [1.82, 2.24) is 10.3 Å².